The number of carbonyl (C=O) groups is 1. The van der Waals surface area contributed by atoms with Gasteiger partial charge in [0, 0.05) is 12.2 Å². The summed E-state index contributed by atoms with van der Waals surface area (Å²) in [7, 11) is 0. The maximum absolute atomic E-state index is 12.8. The number of hydrogen-bond acceptors (Lipinski definition) is 6. The molecule has 0 bridgehead atoms. The molecule has 1 aromatic carbocycles. The van der Waals surface area contributed by atoms with Gasteiger partial charge in [-0.3, -0.25) is 4.79 Å². The number of carbonyl (C=O) groups excluding carboxylic acids is 1. The predicted octanol–water partition coefficient (Wildman–Crippen LogP) is 3.53. The number of nitrogens with zero attached hydrogens (tertiary/aromatic N) is 3. The average Bonchev–Trinajstić information content (AvgIpc) is 2.98. The lowest BCUT2D eigenvalue weighted by atomic mass is 10.1. The molecule has 2 heterocycles. The smallest absolute Gasteiger partial charge is 0.277 e. The van der Waals surface area contributed by atoms with Gasteiger partial charge in [-0.05, 0) is 38.2 Å². The quantitative estimate of drug-likeness (QED) is 0.823. The Morgan fingerprint density at radius 2 is 2.09 bits per heavy atom. The Morgan fingerprint density at radius 3 is 2.83 bits per heavy atom. The Bertz CT molecular complexity index is 672. The van der Waals surface area contributed by atoms with Gasteiger partial charge in [0.1, 0.15) is 0 Å². The number of thioether (sulfide) groups is 2. The van der Waals surface area contributed by atoms with E-state index in [1.165, 1.54) is 17.3 Å². The molecule has 7 heteroatoms. The molecule has 122 valence electrons. The van der Waals surface area contributed by atoms with E-state index in [0.29, 0.717) is 16.9 Å². The summed E-state index contributed by atoms with van der Waals surface area (Å²) in [6.45, 7) is 2.81. The molecule has 1 aliphatic heterocycles. The normalized spacial score (nSPS) is 18.4. The average molecular weight is 349 g/mol. The van der Waals surface area contributed by atoms with E-state index in [1.807, 2.05) is 42.3 Å². The van der Waals surface area contributed by atoms with Crippen molar-refractivity contribution in [1.82, 2.24) is 10.2 Å². The summed E-state index contributed by atoms with van der Waals surface area (Å²) in [4.78, 5) is 14.6. The van der Waals surface area contributed by atoms with Gasteiger partial charge < -0.3 is 9.32 Å². The fourth-order valence-corrected chi connectivity index (χ4v) is 3.87. The largest absolute Gasteiger partial charge is 0.415 e. The van der Waals surface area contributed by atoms with Gasteiger partial charge in [-0.15, -0.1) is 10.2 Å². The molecule has 3 rings (SSSR count). The van der Waals surface area contributed by atoms with Crippen molar-refractivity contribution in [2.75, 3.05) is 17.7 Å². The van der Waals surface area contributed by atoms with Crippen molar-refractivity contribution in [3.8, 4) is 0 Å². The summed E-state index contributed by atoms with van der Waals surface area (Å²) < 4.78 is 5.58. The van der Waals surface area contributed by atoms with Crippen LogP contribution in [0.3, 0.4) is 0 Å². The van der Waals surface area contributed by atoms with E-state index in [4.69, 9.17) is 4.42 Å². The van der Waals surface area contributed by atoms with E-state index in [9.17, 15) is 4.79 Å². The van der Waals surface area contributed by atoms with Crippen molar-refractivity contribution >= 4 is 35.1 Å². The molecule has 0 N–H and O–H groups in total. The zero-order valence-corrected chi connectivity index (χ0v) is 14.8. The van der Waals surface area contributed by atoms with Crippen LogP contribution in [-0.2, 0) is 10.5 Å². The summed E-state index contributed by atoms with van der Waals surface area (Å²) in [5, 5.41) is 8.36. The van der Waals surface area contributed by atoms with E-state index >= 15 is 0 Å². The first-order chi connectivity index (χ1) is 11.2. The van der Waals surface area contributed by atoms with Crippen LogP contribution in [0.4, 0.5) is 5.69 Å². The Morgan fingerprint density at radius 1 is 1.30 bits per heavy atom. The molecule has 1 aromatic heterocycles. The van der Waals surface area contributed by atoms with Crippen LogP contribution < -0.4 is 4.90 Å². The molecule has 1 amide bonds. The predicted molar refractivity (Wildman–Crippen MR) is 93.9 cm³/mol. The fourth-order valence-electron chi connectivity index (χ4n) is 2.52. The first kappa shape index (κ1) is 16.4. The lowest BCUT2D eigenvalue weighted by Crippen LogP contribution is -2.42. The highest BCUT2D eigenvalue weighted by molar-refractivity contribution is 8.00. The van der Waals surface area contributed by atoms with Crippen molar-refractivity contribution in [3.05, 3.63) is 35.7 Å². The minimum Gasteiger partial charge on any atom is -0.415 e. The van der Waals surface area contributed by atoms with Gasteiger partial charge >= 0.3 is 0 Å². The third-order valence-corrected chi connectivity index (χ3v) is 5.32. The van der Waals surface area contributed by atoms with Crippen molar-refractivity contribution in [2.24, 2.45) is 0 Å². The van der Waals surface area contributed by atoms with Gasteiger partial charge in [-0.25, -0.2) is 0 Å². The topological polar surface area (TPSA) is 59.2 Å². The second-order valence-corrected chi connectivity index (χ2v) is 7.49. The Hall–Kier alpha value is -1.47. The molecule has 0 unspecified atom stereocenters. The maximum atomic E-state index is 12.8. The first-order valence-corrected chi connectivity index (χ1v) is 9.81. The second-order valence-electron chi connectivity index (χ2n) is 5.47. The minimum atomic E-state index is -0.160. The summed E-state index contributed by atoms with van der Waals surface area (Å²) in [5.74, 6) is 1.43. The standard InChI is InChI=1S/C16H19N3O2S2/c1-11-5-7-12(8-6-11)19-9-3-4-13(15(19)20)23-16-18-17-14(21-16)10-22-2/h5-8,13H,3-4,9-10H2,1-2H3/t13-/m1/s1. The lowest BCUT2D eigenvalue weighted by molar-refractivity contribution is -0.119. The van der Waals surface area contributed by atoms with Crippen molar-refractivity contribution < 1.29 is 9.21 Å². The lowest BCUT2D eigenvalue weighted by Gasteiger charge is -2.31. The van der Waals surface area contributed by atoms with Crippen LogP contribution in [0.15, 0.2) is 33.9 Å². The number of aryl methyl sites for hydroxylation is 1. The van der Waals surface area contributed by atoms with Crippen LogP contribution >= 0.6 is 23.5 Å². The molecule has 1 saturated heterocycles. The van der Waals surface area contributed by atoms with Gasteiger partial charge in [0.25, 0.3) is 5.22 Å². The molecule has 1 fully saturated rings. The second kappa shape index (κ2) is 7.40. The van der Waals surface area contributed by atoms with Gasteiger partial charge in [0.15, 0.2) is 0 Å². The van der Waals surface area contributed by atoms with E-state index < -0.39 is 0 Å². The number of anilines is 1. The molecule has 0 radical (unpaired) electrons. The first-order valence-electron chi connectivity index (χ1n) is 7.53. The summed E-state index contributed by atoms with van der Waals surface area (Å²) in [6.07, 6.45) is 3.80. The van der Waals surface area contributed by atoms with E-state index in [2.05, 4.69) is 10.2 Å². The highest BCUT2D eigenvalue weighted by Crippen LogP contribution is 2.32. The molecule has 23 heavy (non-hydrogen) atoms. The fraction of sp³-hybridized carbons (Fsp3) is 0.438. The number of rotatable bonds is 5. The minimum absolute atomic E-state index is 0.120. The highest BCUT2D eigenvalue weighted by Gasteiger charge is 2.31. The number of hydrogen-bond donors (Lipinski definition) is 0. The highest BCUT2D eigenvalue weighted by atomic mass is 32.2. The van der Waals surface area contributed by atoms with Crippen LogP contribution in [0.2, 0.25) is 0 Å². The van der Waals surface area contributed by atoms with Crippen LogP contribution in [0, 0.1) is 6.92 Å². The third kappa shape index (κ3) is 3.90. The van der Waals surface area contributed by atoms with Crippen molar-refractivity contribution in [3.63, 3.8) is 0 Å². The number of benzene rings is 1. The number of amides is 1. The van der Waals surface area contributed by atoms with E-state index in [0.717, 1.165) is 25.1 Å². The zero-order valence-electron chi connectivity index (χ0n) is 13.2. The number of piperidine rings is 1. The van der Waals surface area contributed by atoms with Gasteiger partial charge in [0.05, 0.1) is 11.0 Å². The zero-order chi connectivity index (χ0) is 16.2. The number of aromatic nitrogens is 2. The van der Waals surface area contributed by atoms with Crippen LogP contribution in [-0.4, -0.2) is 34.2 Å². The molecule has 1 atom stereocenters. The van der Waals surface area contributed by atoms with Gasteiger partial charge in [0.2, 0.25) is 11.8 Å². The van der Waals surface area contributed by atoms with E-state index in [-0.39, 0.29) is 11.2 Å². The SMILES string of the molecule is CSCc1nnc(S[C@@H]2CCCN(c3ccc(C)cc3)C2=O)o1. The molecule has 0 spiro atoms. The maximum Gasteiger partial charge on any atom is 0.277 e. The van der Waals surface area contributed by atoms with Crippen molar-refractivity contribution in [2.45, 2.75) is 36.0 Å². The Labute approximate surface area is 144 Å². The summed E-state index contributed by atoms with van der Waals surface area (Å²) >= 11 is 3.01. The van der Waals surface area contributed by atoms with Crippen LogP contribution in [0.1, 0.15) is 24.3 Å². The third-order valence-electron chi connectivity index (χ3n) is 3.69. The molecule has 1 aliphatic rings. The van der Waals surface area contributed by atoms with Gasteiger partial charge in [-0.2, -0.15) is 11.8 Å². The monoisotopic (exact) mass is 349 g/mol. The molecular formula is C16H19N3O2S2. The molecule has 2 aromatic rings. The van der Waals surface area contributed by atoms with Crippen LogP contribution in [0.5, 0.6) is 0 Å². The Balaban J connectivity index is 1.70. The molecular weight excluding hydrogens is 330 g/mol. The summed E-state index contributed by atoms with van der Waals surface area (Å²) in [6, 6.07) is 8.07. The molecule has 0 aliphatic carbocycles. The van der Waals surface area contributed by atoms with Gasteiger partial charge in [-0.1, -0.05) is 29.5 Å². The molecule has 0 saturated carbocycles. The van der Waals surface area contributed by atoms with Crippen molar-refractivity contribution in [1.29, 1.82) is 0 Å². The molecule has 5 nitrogen and oxygen atoms in total. The summed E-state index contributed by atoms with van der Waals surface area (Å²) in [5.41, 5.74) is 2.15. The Kier molecular flexibility index (Phi) is 5.27. The van der Waals surface area contributed by atoms with Crippen LogP contribution in [0.25, 0.3) is 0 Å². The van der Waals surface area contributed by atoms with E-state index in [1.54, 1.807) is 11.8 Å².